The Bertz CT molecular complexity index is 1140. The van der Waals surface area contributed by atoms with Crippen LogP contribution in [0.1, 0.15) is 54.0 Å². The number of carbonyl (C=O) groups excluding carboxylic acids is 1. The first-order chi connectivity index (χ1) is 15.7. The molecular formula is C23H27N5O4. The van der Waals surface area contributed by atoms with Gasteiger partial charge in [-0.05, 0) is 25.7 Å². The van der Waals surface area contributed by atoms with Crippen LogP contribution < -0.4 is 5.69 Å². The van der Waals surface area contributed by atoms with Crippen LogP contribution in [0.25, 0.3) is 11.3 Å². The van der Waals surface area contributed by atoms with Crippen molar-refractivity contribution in [1.29, 1.82) is 0 Å². The molecule has 0 bridgehead atoms. The van der Waals surface area contributed by atoms with Crippen molar-refractivity contribution >= 4 is 5.91 Å². The van der Waals surface area contributed by atoms with Crippen molar-refractivity contribution in [3.63, 3.8) is 0 Å². The average molecular weight is 438 g/mol. The predicted molar refractivity (Wildman–Crippen MR) is 116 cm³/mol. The molecule has 32 heavy (non-hydrogen) atoms. The highest BCUT2D eigenvalue weighted by Gasteiger charge is 2.35. The SMILES string of the molecule is COCCn1nc(C2CCCN(C(=O)c3cc(-c4ccccc4)on3)C2)n(C2CC2)c1=O. The van der Waals surface area contributed by atoms with Gasteiger partial charge in [-0.1, -0.05) is 35.5 Å². The lowest BCUT2D eigenvalue weighted by molar-refractivity contribution is 0.0692. The van der Waals surface area contributed by atoms with E-state index in [4.69, 9.17) is 9.26 Å². The zero-order chi connectivity index (χ0) is 22.1. The minimum atomic E-state index is -0.153. The maximum Gasteiger partial charge on any atom is 0.346 e. The molecule has 168 valence electrons. The van der Waals surface area contributed by atoms with Gasteiger partial charge in [0.2, 0.25) is 0 Å². The highest BCUT2D eigenvalue weighted by atomic mass is 16.5. The Morgan fingerprint density at radius 3 is 2.78 bits per heavy atom. The number of amides is 1. The third-order valence-corrected chi connectivity index (χ3v) is 6.18. The van der Waals surface area contributed by atoms with Crippen LogP contribution in [-0.2, 0) is 11.3 Å². The number of benzene rings is 1. The van der Waals surface area contributed by atoms with Gasteiger partial charge in [-0.2, -0.15) is 5.10 Å². The number of ether oxygens (including phenoxy) is 1. The van der Waals surface area contributed by atoms with E-state index in [2.05, 4.69) is 10.3 Å². The van der Waals surface area contributed by atoms with E-state index in [0.29, 0.717) is 37.7 Å². The Labute approximate surface area is 185 Å². The van der Waals surface area contributed by atoms with E-state index >= 15 is 0 Å². The molecule has 1 atom stereocenters. The van der Waals surface area contributed by atoms with Gasteiger partial charge in [0.05, 0.1) is 13.2 Å². The topological polar surface area (TPSA) is 95.4 Å². The molecule has 3 aromatic rings. The summed E-state index contributed by atoms with van der Waals surface area (Å²) in [4.78, 5) is 27.9. The second-order valence-electron chi connectivity index (χ2n) is 8.49. The van der Waals surface area contributed by atoms with Crippen LogP contribution in [0.5, 0.6) is 0 Å². The lowest BCUT2D eigenvalue weighted by Crippen LogP contribution is -2.40. The Kier molecular flexibility index (Phi) is 5.65. The normalized spacial score (nSPS) is 18.8. The molecule has 1 unspecified atom stereocenters. The number of carbonyl (C=O) groups is 1. The van der Waals surface area contributed by atoms with Crippen molar-refractivity contribution in [2.45, 2.75) is 44.2 Å². The van der Waals surface area contributed by atoms with E-state index < -0.39 is 0 Å². The van der Waals surface area contributed by atoms with Crippen molar-refractivity contribution in [3.8, 4) is 11.3 Å². The second kappa shape index (κ2) is 8.74. The first-order valence-electron chi connectivity index (χ1n) is 11.2. The lowest BCUT2D eigenvalue weighted by atomic mass is 9.96. The first kappa shape index (κ1) is 20.7. The van der Waals surface area contributed by atoms with Gasteiger partial charge in [0.25, 0.3) is 5.91 Å². The summed E-state index contributed by atoms with van der Waals surface area (Å²) in [6.45, 7) is 2.03. The zero-order valence-electron chi connectivity index (χ0n) is 18.1. The molecule has 1 aliphatic carbocycles. The van der Waals surface area contributed by atoms with Crippen molar-refractivity contribution < 1.29 is 14.1 Å². The molecule has 2 fully saturated rings. The molecule has 5 rings (SSSR count). The Hall–Kier alpha value is -3.20. The zero-order valence-corrected chi connectivity index (χ0v) is 18.1. The summed E-state index contributed by atoms with van der Waals surface area (Å²) < 4.78 is 13.9. The summed E-state index contributed by atoms with van der Waals surface area (Å²) in [6, 6.07) is 11.5. The predicted octanol–water partition coefficient (Wildman–Crippen LogP) is 2.70. The molecule has 0 spiro atoms. The number of hydrogen-bond acceptors (Lipinski definition) is 6. The van der Waals surface area contributed by atoms with Gasteiger partial charge in [-0.15, -0.1) is 0 Å². The maximum absolute atomic E-state index is 13.2. The summed E-state index contributed by atoms with van der Waals surface area (Å²) in [5, 5.41) is 8.68. The number of hydrogen-bond donors (Lipinski definition) is 0. The van der Waals surface area contributed by atoms with Crippen LogP contribution in [0.2, 0.25) is 0 Å². The summed E-state index contributed by atoms with van der Waals surface area (Å²) >= 11 is 0. The van der Waals surface area contributed by atoms with E-state index in [1.54, 1.807) is 18.1 Å². The quantitative estimate of drug-likeness (QED) is 0.564. The highest BCUT2D eigenvalue weighted by molar-refractivity contribution is 5.93. The fourth-order valence-electron chi connectivity index (χ4n) is 4.36. The van der Waals surface area contributed by atoms with E-state index in [1.807, 2.05) is 34.9 Å². The molecule has 0 radical (unpaired) electrons. The molecule has 2 aromatic heterocycles. The highest BCUT2D eigenvalue weighted by Crippen LogP contribution is 2.37. The maximum atomic E-state index is 13.2. The van der Waals surface area contributed by atoms with Gasteiger partial charge in [-0.3, -0.25) is 9.36 Å². The van der Waals surface area contributed by atoms with Crippen LogP contribution in [-0.4, -0.2) is 57.1 Å². The van der Waals surface area contributed by atoms with Crippen molar-refractivity contribution in [3.05, 3.63) is 58.4 Å². The molecule has 9 heteroatoms. The molecule has 3 heterocycles. The minimum Gasteiger partial charge on any atom is -0.383 e. The number of nitrogens with zero attached hydrogens (tertiary/aromatic N) is 5. The smallest absolute Gasteiger partial charge is 0.346 e. The molecule has 1 aliphatic heterocycles. The van der Waals surface area contributed by atoms with Crippen LogP contribution in [0.4, 0.5) is 0 Å². The van der Waals surface area contributed by atoms with E-state index in [0.717, 1.165) is 37.1 Å². The molecule has 0 N–H and O–H groups in total. The summed E-state index contributed by atoms with van der Waals surface area (Å²) in [5.41, 5.74) is 1.10. The van der Waals surface area contributed by atoms with Gasteiger partial charge in [-0.25, -0.2) is 9.48 Å². The summed E-state index contributed by atoms with van der Waals surface area (Å²) in [6.07, 6.45) is 3.74. The third kappa shape index (κ3) is 4.00. The van der Waals surface area contributed by atoms with Crippen molar-refractivity contribution in [2.24, 2.45) is 0 Å². The molecular weight excluding hydrogens is 410 g/mol. The average Bonchev–Trinajstić information content (AvgIpc) is 3.44. The Morgan fingerprint density at radius 2 is 2.03 bits per heavy atom. The fourth-order valence-corrected chi connectivity index (χ4v) is 4.36. The molecule has 2 aliphatic rings. The van der Waals surface area contributed by atoms with E-state index in [-0.39, 0.29) is 23.6 Å². The van der Waals surface area contributed by atoms with E-state index in [9.17, 15) is 9.59 Å². The van der Waals surface area contributed by atoms with Crippen LogP contribution in [0.3, 0.4) is 0 Å². The standard InChI is InChI=1S/C23H27N5O4/c1-31-13-12-27-23(30)28(18-9-10-18)21(24-27)17-8-5-11-26(15-17)22(29)19-14-20(32-25-19)16-6-3-2-4-7-16/h2-4,6-7,14,17-18H,5,8-13,15H2,1H3. The summed E-state index contributed by atoms with van der Waals surface area (Å²) in [7, 11) is 1.61. The lowest BCUT2D eigenvalue weighted by Gasteiger charge is -2.31. The molecule has 9 nitrogen and oxygen atoms in total. The van der Waals surface area contributed by atoms with E-state index in [1.165, 1.54) is 4.68 Å². The number of methoxy groups -OCH3 is 1. The van der Waals surface area contributed by atoms with Crippen LogP contribution in [0, 0.1) is 0 Å². The summed E-state index contributed by atoms with van der Waals surface area (Å²) in [5.74, 6) is 1.23. The number of rotatable bonds is 7. The van der Waals surface area contributed by atoms with Crippen LogP contribution in [0.15, 0.2) is 45.7 Å². The number of aromatic nitrogens is 4. The van der Waals surface area contributed by atoms with Gasteiger partial charge >= 0.3 is 5.69 Å². The molecule has 1 saturated heterocycles. The third-order valence-electron chi connectivity index (χ3n) is 6.18. The Morgan fingerprint density at radius 1 is 1.22 bits per heavy atom. The first-order valence-corrected chi connectivity index (χ1v) is 11.2. The number of likely N-dealkylation sites (tertiary alicyclic amines) is 1. The van der Waals surface area contributed by atoms with Gasteiger partial charge in [0.1, 0.15) is 5.82 Å². The Balaban J connectivity index is 1.35. The fraction of sp³-hybridized carbons (Fsp3) is 0.478. The van der Waals surface area contributed by atoms with Crippen molar-refractivity contribution in [2.75, 3.05) is 26.8 Å². The van der Waals surface area contributed by atoms with Gasteiger partial charge in [0.15, 0.2) is 11.5 Å². The molecule has 1 aromatic carbocycles. The van der Waals surface area contributed by atoms with Crippen molar-refractivity contribution in [1.82, 2.24) is 24.4 Å². The van der Waals surface area contributed by atoms with Gasteiger partial charge in [0, 0.05) is 43.8 Å². The van der Waals surface area contributed by atoms with Crippen LogP contribution >= 0.6 is 0 Å². The van der Waals surface area contributed by atoms with Gasteiger partial charge < -0.3 is 14.2 Å². The largest absolute Gasteiger partial charge is 0.383 e. The minimum absolute atomic E-state index is 0.0188. The number of piperidine rings is 1. The second-order valence-corrected chi connectivity index (χ2v) is 8.49. The molecule has 1 amide bonds. The monoisotopic (exact) mass is 437 g/mol. The molecule has 1 saturated carbocycles.